The molecule has 9 atom stereocenters. The molecule has 2 saturated heterocycles. The maximum atomic E-state index is 15.5. The van der Waals surface area contributed by atoms with Crippen LogP contribution in [-0.2, 0) is 59.4 Å². The molecule has 2 fully saturated rings. The van der Waals surface area contributed by atoms with Crippen molar-refractivity contribution in [2.75, 3.05) is 44.8 Å². The van der Waals surface area contributed by atoms with Gasteiger partial charge in [0.05, 0.1) is 29.9 Å². The van der Waals surface area contributed by atoms with Crippen LogP contribution in [0.4, 0.5) is 5.69 Å². The molecule has 3 aliphatic heterocycles. The number of amides is 8. The standard InChI is InChI=1S/C70H92N10O9S/c1-42(71-8)59(81)38-54(69(3,4)5)67(88)80-40-51(37-58(80)66(87)76-56-26-18-22-45-20-12-14-24-53(45)56)74-64(85)47-29-27-46(28-30-47)63(84)73-50-32-31-48-36-57(65(86)75-55-25-17-21-44-19-11-13-23-52(44)55)79(39-49(48)35-50)68(89)61(77-62(83)43(2)72-9)70(6,7)90-41-60(82)78-33-15-10-16-34-78/h11-14,19-20,23-24,27-32,35,42-43,51,54-58,61,71-72H,10,15-18,21-22,25-26,33-34,36-41H2,1-9H3,(H,73,84)(H,74,85)(H,75,86)(H,76,87)(H,77,83)/t42-,43-,51?,54+,55+,56?,57?,58-,61+/m0/s1. The Labute approximate surface area is 534 Å². The van der Waals surface area contributed by atoms with Crippen LogP contribution in [0.15, 0.2) is 91.0 Å². The lowest BCUT2D eigenvalue weighted by molar-refractivity contribution is -0.146. The van der Waals surface area contributed by atoms with Crippen molar-refractivity contribution >= 4 is 70.5 Å². The molecule has 3 heterocycles. The van der Waals surface area contributed by atoms with Gasteiger partial charge in [0.15, 0.2) is 0 Å². The number of benzene rings is 4. The van der Waals surface area contributed by atoms with Gasteiger partial charge in [-0.05, 0) is 181 Å². The second kappa shape index (κ2) is 29.2. The Bertz CT molecular complexity index is 3320. The van der Waals surface area contributed by atoms with Gasteiger partial charge in [-0.1, -0.05) is 75.4 Å². The van der Waals surface area contributed by atoms with Crippen molar-refractivity contribution in [3.8, 4) is 0 Å². The quantitative estimate of drug-likeness (QED) is 0.0441. The minimum atomic E-state index is -1.16. The number of nitrogens with zero attached hydrogens (tertiary/aromatic N) is 3. The third-order valence-corrected chi connectivity index (χ3v) is 20.6. The van der Waals surface area contributed by atoms with E-state index in [-0.39, 0.29) is 90.7 Å². The van der Waals surface area contributed by atoms with Crippen LogP contribution < -0.4 is 37.2 Å². The van der Waals surface area contributed by atoms with E-state index in [1.165, 1.54) is 27.8 Å². The van der Waals surface area contributed by atoms with Gasteiger partial charge in [0.25, 0.3) is 11.8 Å². The summed E-state index contributed by atoms with van der Waals surface area (Å²) in [6.45, 7) is 14.3. The van der Waals surface area contributed by atoms with Crippen LogP contribution in [0, 0.1) is 11.3 Å². The number of hydrogen-bond acceptors (Lipinski definition) is 12. The van der Waals surface area contributed by atoms with Crippen molar-refractivity contribution in [2.45, 2.75) is 185 Å². The number of likely N-dealkylation sites (N-methyl/N-ethyl adjacent to an activating group) is 2. The Kier molecular flexibility index (Phi) is 21.8. The van der Waals surface area contributed by atoms with E-state index in [0.29, 0.717) is 24.3 Å². The Morgan fingerprint density at radius 2 is 1.19 bits per heavy atom. The largest absolute Gasteiger partial charge is 0.347 e. The molecular formula is C70H92N10O9S. The van der Waals surface area contributed by atoms with Crippen LogP contribution in [0.2, 0.25) is 0 Å². The predicted molar refractivity (Wildman–Crippen MR) is 349 cm³/mol. The van der Waals surface area contributed by atoms with Crippen LogP contribution in [-0.4, -0.2) is 148 Å². The number of piperidine rings is 1. The number of carbonyl (C=O) groups is 9. The average molecular weight is 1250 g/mol. The molecule has 0 bridgehead atoms. The summed E-state index contributed by atoms with van der Waals surface area (Å²) >= 11 is 1.30. The number of thioether (sulfide) groups is 1. The highest BCUT2D eigenvalue weighted by molar-refractivity contribution is 8.01. The number of nitrogens with one attached hydrogen (secondary N) is 7. The van der Waals surface area contributed by atoms with Gasteiger partial charge in [-0.25, -0.2) is 0 Å². The second-order valence-electron chi connectivity index (χ2n) is 26.8. The fourth-order valence-corrected chi connectivity index (χ4v) is 14.3. The summed E-state index contributed by atoms with van der Waals surface area (Å²) in [6.07, 6.45) is 8.29. The number of hydrogen-bond donors (Lipinski definition) is 7. The molecule has 2 aliphatic carbocycles. The first-order valence-electron chi connectivity index (χ1n) is 32.2. The maximum Gasteiger partial charge on any atom is 0.255 e. The highest BCUT2D eigenvalue weighted by Crippen LogP contribution is 2.38. The van der Waals surface area contributed by atoms with Crippen molar-refractivity contribution in [2.24, 2.45) is 11.3 Å². The van der Waals surface area contributed by atoms with E-state index in [0.717, 1.165) is 74.5 Å². The predicted octanol–water partition coefficient (Wildman–Crippen LogP) is 7.13. The van der Waals surface area contributed by atoms with E-state index in [2.05, 4.69) is 49.4 Å². The van der Waals surface area contributed by atoms with Crippen LogP contribution in [0.3, 0.4) is 0 Å². The van der Waals surface area contributed by atoms with Gasteiger partial charge < -0.3 is 51.9 Å². The number of likely N-dealkylation sites (tertiary alicyclic amines) is 2. The molecule has 482 valence electrons. The molecule has 90 heavy (non-hydrogen) atoms. The maximum absolute atomic E-state index is 15.5. The molecule has 5 aliphatic rings. The Morgan fingerprint density at radius 3 is 1.78 bits per heavy atom. The van der Waals surface area contributed by atoms with E-state index >= 15 is 4.79 Å². The Hall–Kier alpha value is -7.42. The minimum absolute atomic E-state index is 0.0201. The molecular weight excluding hydrogens is 1160 g/mol. The number of carbonyl (C=O) groups excluding carboxylic acids is 9. The van der Waals surface area contributed by atoms with Gasteiger partial charge in [-0.2, -0.15) is 0 Å². The fraction of sp³-hybridized carbons (Fsp3) is 0.529. The number of ketones is 1. The van der Waals surface area contributed by atoms with E-state index in [4.69, 9.17) is 0 Å². The molecule has 0 spiro atoms. The summed E-state index contributed by atoms with van der Waals surface area (Å²) in [7, 11) is 3.35. The Morgan fingerprint density at radius 1 is 0.611 bits per heavy atom. The third kappa shape index (κ3) is 15.8. The summed E-state index contributed by atoms with van der Waals surface area (Å²) in [5.41, 5.74) is 6.25. The van der Waals surface area contributed by atoms with Crippen LogP contribution >= 0.6 is 11.8 Å². The molecule has 3 unspecified atom stereocenters. The third-order valence-electron chi connectivity index (χ3n) is 19.2. The lowest BCUT2D eigenvalue weighted by Gasteiger charge is -2.42. The van der Waals surface area contributed by atoms with Crippen LogP contribution in [0.5, 0.6) is 0 Å². The number of rotatable bonds is 21. The summed E-state index contributed by atoms with van der Waals surface area (Å²) in [4.78, 5) is 134. The van der Waals surface area contributed by atoms with Crippen molar-refractivity contribution in [3.05, 3.63) is 136 Å². The number of fused-ring (bicyclic) bond motifs is 3. The normalized spacial score (nSPS) is 21.2. The highest BCUT2D eigenvalue weighted by Gasteiger charge is 2.48. The first-order valence-corrected chi connectivity index (χ1v) is 33.2. The Balaban J connectivity index is 0.917. The summed E-state index contributed by atoms with van der Waals surface area (Å²) in [6, 6.07) is 22.4. The molecule has 19 nitrogen and oxygen atoms in total. The van der Waals surface area contributed by atoms with Gasteiger partial charge >= 0.3 is 0 Å². The smallest absolute Gasteiger partial charge is 0.255 e. The topological polar surface area (TPSA) is 248 Å². The van der Waals surface area contributed by atoms with Crippen molar-refractivity contribution in [1.29, 1.82) is 0 Å². The monoisotopic (exact) mass is 1250 g/mol. The first-order chi connectivity index (χ1) is 42.9. The van der Waals surface area contributed by atoms with Crippen molar-refractivity contribution < 1.29 is 43.2 Å². The SMILES string of the molecule is CN[C@@H](C)C(=O)C[C@H](C(=O)N1CC(NC(=O)c2ccc(C(=O)Nc3ccc4c(c3)CN(C(=O)[C@@H](NC(=O)[C@H](C)NC)C(C)(C)SCC(=O)N3CCCCC3)C(C(=O)N[C@@H]3CCCc5ccccc53)C4)cc2)C[C@H]1C(=O)NC1CCCc2ccccc21)C(C)(C)C. The molecule has 0 saturated carbocycles. The molecule has 9 rings (SSSR count). The average Bonchev–Trinajstić information content (AvgIpc) is 3.17. The minimum Gasteiger partial charge on any atom is -0.347 e. The zero-order valence-electron chi connectivity index (χ0n) is 53.8. The number of anilines is 1. The lowest BCUT2D eigenvalue weighted by atomic mass is 9.76. The van der Waals surface area contributed by atoms with Crippen molar-refractivity contribution in [3.63, 3.8) is 0 Å². The zero-order chi connectivity index (χ0) is 64.6. The van der Waals surface area contributed by atoms with E-state index < -0.39 is 76.0 Å². The van der Waals surface area contributed by atoms with Gasteiger partial charge in [-0.15, -0.1) is 11.8 Å². The molecule has 8 amide bonds. The molecule has 7 N–H and O–H groups in total. The zero-order valence-corrected chi connectivity index (χ0v) is 54.6. The second-order valence-corrected chi connectivity index (χ2v) is 28.4. The molecule has 4 aromatic rings. The molecule has 0 aromatic heterocycles. The fourth-order valence-electron chi connectivity index (χ4n) is 13.3. The summed E-state index contributed by atoms with van der Waals surface area (Å²) < 4.78 is -1.02. The molecule has 0 radical (unpaired) electrons. The summed E-state index contributed by atoms with van der Waals surface area (Å²) in [5.74, 6) is -3.57. The number of aryl methyl sites for hydroxylation is 2. The van der Waals surface area contributed by atoms with Gasteiger partial charge in [0.1, 0.15) is 23.9 Å². The van der Waals surface area contributed by atoms with Crippen LogP contribution in [0.25, 0.3) is 0 Å². The lowest BCUT2D eigenvalue weighted by Crippen LogP contribution is -2.63. The van der Waals surface area contributed by atoms with Crippen LogP contribution in [0.1, 0.15) is 172 Å². The number of Topliss-reactive ketones (excluding diaryl/α,β-unsaturated/α-hetero) is 1. The first kappa shape index (κ1) is 67.0. The van der Waals surface area contributed by atoms with Crippen molar-refractivity contribution in [1.82, 2.24) is 46.6 Å². The van der Waals surface area contributed by atoms with Gasteiger partial charge in [-0.3, -0.25) is 43.2 Å². The van der Waals surface area contributed by atoms with E-state index in [1.807, 2.05) is 82.0 Å². The van der Waals surface area contributed by atoms with Gasteiger partial charge in [0.2, 0.25) is 35.4 Å². The van der Waals surface area contributed by atoms with E-state index in [9.17, 15) is 38.4 Å². The molecule has 20 heteroatoms. The molecule has 4 aromatic carbocycles. The van der Waals surface area contributed by atoms with E-state index in [1.54, 1.807) is 69.2 Å². The highest BCUT2D eigenvalue weighted by atomic mass is 32.2. The summed E-state index contributed by atoms with van der Waals surface area (Å²) in [5, 5.41) is 21.6. The van der Waals surface area contributed by atoms with Gasteiger partial charge in [0, 0.05) is 72.5 Å².